The zero-order valence-electron chi connectivity index (χ0n) is 8.64. The third-order valence-corrected chi connectivity index (χ3v) is 2.15. The largest absolute Gasteiger partial charge is 0.477 e. The molecular formula is C11H11ClN2O2. The number of nitrogens with zero attached hydrogens (tertiary/aromatic N) is 1. The average Bonchev–Trinajstić information content (AvgIpc) is 2.24. The first-order chi connectivity index (χ1) is 7.56. The van der Waals surface area contributed by atoms with Gasteiger partial charge >= 0.3 is 5.97 Å². The van der Waals surface area contributed by atoms with Gasteiger partial charge in [0.1, 0.15) is 5.70 Å². The lowest BCUT2D eigenvalue weighted by atomic mass is 10.0. The number of benzene rings is 1. The van der Waals surface area contributed by atoms with Gasteiger partial charge in [-0.3, -0.25) is 4.99 Å². The molecule has 0 amide bonds. The van der Waals surface area contributed by atoms with Gasteiger partial charge in [0.15, 0.2) is 0 Å². The summed E-state index contributed by atoms with van der Waals surface area (Å²) in [5, 5.41) is 9.34. The molecule has 0 bridgehead atoms. The topological polar surface area (TPSA) is 75.7 Å². The van der Waals surface area contributed by atoms with Gasteiger partial charge in [0.2, 0.25) is 0 Å². The van der Waals surface area contributed by atoms with Crippen LogP contribution in [0.15, 0.2) is 35.0 Å². The Bertz CT molecular complexity index is 467. The zero-order valence-corrected chi connectivity index (χ0v) is 9.40. The summed E-state index contributed by atoms with van der Waals surface area (Å²) in [5.74, 6) is -1.19. The first-order valence-electron chi connectivity index (χ1n) is 4.47. The molecule has 0 aliphatic heterocycles. The Morgan fingerprint density at radius 1 is 1.56 bits per heavy atom. The Labute approximate surface area is 98.1 Å². The monoisotopic (exact) mass is 238 g/mol. The zero-order chi connectivity index (χ0) is 12.1. The van der Waals surface area contributed by atoms with Crippen molar-refractivity contribution in [2.24, 2.45) is 10.7 Å². The predicted octanol–water partition coefficient (Wildman–Crippen LogP) is 1.79. The summed E-state index contributed by atoms with van der Waals surface area (Å²) in [6, 6.07) is 6.77. The minimum atomic E-state index is -1.19. The summed E-state index contributed by atoms with van der Waals surface area (Å²) >= 11 is 5.82. The number of carboxylic acids is 1. The molecule has 0 saturated heterocycles. The van der Waals surface area contributed by atoms with Crippen LogP contribution in [-0.2, 0) is 4.79 Å². The van der Waals surface area contributed by atoms with E-state index < -0.39 is 5.97 Å². The van der Waals surface area contributed by atoms with Crippen molar-refractivity contribution in [3.63, 3.8) is 0 Å². The fourth-order valence-electron chi connectivity index (χ4n) is 1.20. The van der Waals surface area contributed by atoms with Crippen LogP contribution in [0.5, 0.6) is 0 Å². The number of halogens is 1. The summed E-state index contributed by atoms with van der Waals surface area (Å²) < 4.78 is 0. The van der Waals surface area contributed by atoms with Gasteiger partial charge in [-0.2, -0.15) is 0 Å². The SMILES string of the molecule is CN=C/C(=C(\N)C(=O)O)c1cccc(Cl)c1. The standard InChI is InChI=1S/C11H11ClN2O2/c1-14-6-9(10(13)11(15)16)7-3-2-4-8(12)5-7/h2-6H,13H2,1H3,(H,15,16)/b10-9+,14-6?. The van der Waals surface area contributed by atoms with Crippen molar-refractivity contribution in [3.8, 4) is 0 Å². The molecule has 3 N–H and O–H groups in total. The van der Waals surface area contributed by atoms with Crippen LogP contribution in [0.2, 0.25) is 5.02 Å². The van der Waals surface area contributed by atoms with E-state index in [1.807, 2.05) is 0 Å². The highest BCUT2D eigenvalue weighted by Crippen LogP contribution is 2.19. The molecule has 0 heterocycles. The van der Waals surface area contributed by atoms with Gasteiger partial charge in [0.05, 0.1) is 0 Å². The molecule has 0 radical (unpaired) electrons. The summed E-state index contributed by atoms with van der Waals surface area (Å²) in [5.41, 5.74) is 6.19. The molecule has 0 aliphatic rings. The molecule has 5 heteroatoms. The Hall–Kier alpha value is -1.81. The van der Waals surface area contributed by atoms with E-state index in [9.17, 15) is 4.79 Å². The fraction of sp³-hybridized carbons (Fsp3) is 0.0909. The minimum absolute atomic E-state index is 0.257. The first kappa shape index (κ1) is 12.3. The molecule has 0 spiro atoms. The lowest BCUT2D eigenvalue weighted by Crippen LogP contribution is -2.13. The highest BCUT2D eigenvalue weighted by atomic mass is 35.5. The second-order valence-electron chi connectivity index (χ2n) is 3.03. The van der Waals surface area contributed by atoms with Crippen LogP contribution in [0.4, 0.5) is 0 Å². The van der Waals surface area contributed by atoms with Crippen molar-refractivity contribution < 1.29 is 9.90 Å². The summed E-state index contributed by atoms with van der Waals surface area (Å²) in [7, 11) is 1.54. The molecular weight excluding hydrogens is 228 g/mol. The van der Waals surface area contributed by atoms with Crippen molar-refractivity contribution in [2.75, 3.05) is 7.05 Å². The first-order valence-corrected chi connectivity index (χ1v) is 4.85. The van der Waals surface area contributed by atoms with Gasteiger partial charge in [-0.1, -0.05) is 23.7 Å². The van der Waals surface area contributed by atoms with Crippen LogP contribution < -0.4 is 5.73 Å². The number of aliphatic imine (C=N–C) groups is 1. The van der Waals surface area contributed by atoms with Crippen molar-refractivity contribution in [2.45, 2.75) is 0 Å². The summed E-state index contributed by atoms with van der Waals surface area (Å²) in [4.78, 5) is 14.6. The molecule has 16 heavy (non-hydrogen) atoms. The lowest BCUT2D eigenvalue weighted by molar-refractivity contribution is -0.132. The van der Waals surface area contributed by atoms with Gasteiger partial charge in [-0.05, 0) is 17.7 Å². The van der Waals surface area contributed by atoms with Crippen LogP contribution in [0.1, 0.15) is 5.56 Å². The van der Waals surface area contributed by atoms with E-state index in [1.54, 1.807) is 31.3 Å². The number of carboxylic acid groups (broad SMARTS) is 1. The molecule has 0 atom stereocenters. The van der Waals surface area contributed by atoms with E-state index >= 15 is 0 Å². The highest BCUT2D eigenvalue weighted by Gasteiger charge is 2.10. The number of carbonyl (C=O) groups is 1. The van der Waals surface area contributed by atoms with Gasteiger partial charge in [0, 0.05) is 23.9 Å². The van der Waals surface area contributed by atoms with Crippen LogP contribution in [0.25, 0.3) is 5.57 Å². The van der Waals surface area contributed by atoms with E-state index in [1.165, 1.54) is 6.21 Å². The van der Waals surface area contributed by atoms with Crippen LogP contribution in [0, 0.1) is 0 Å². The molecule has 1 aromatic carbocycles. The second kappa shape index (κ2) is 5.32. The maximum Gasteiger partial charge on any atom is 0.352 e. The third-order valence-electron chi connectivity index (χ3n) is 1.91. The Morgan fingerprint density at radius 3 is 2.75 bits per heavy atom. The molecule has 0 aliphatic carbocycles. The maximum atomic E-state index is 10.8. The van der Waals surface area contributed by atoms with E-state index in [2.05, 4.69) is 4.99 Å². The van der Waals surface area contributed by atoms with Crippen molar-refractivity contribution in [1.29, 1.82) is 0 Å². The predicted molar refractivity (Wildman–Crippen MR) is 64.6 cm³/mol. The van der Waals surface area contributed by atoms with Gasteiger partial charge < -0.3 is 10.8 Å². The second-order valence-corrected chi connectivity index (χ2v) is 3.47. The number of rotatable bonds is 3. The number of nitrogens with two attached hydrogens (primary N) is 1. The molecule has 1 rings (SSSR count). The number of hydrogen-bond donors (Lipinski definition) is 2. The fourth-order valence-corrected chi connectivity index (χ4v) is 1.39. The van der Waals surface area contributed by atoms with E-state index in [0.29, 0.717) is 16.2 Å². The number of hydrogen-bond acceptors (Lipinski definition) is 3. The molecule has 0 unspecified atom stereocenters. The molecule has 1 aromatic rings. The van der Waals surface area contributed by atoms with Crippen molar-refractivity contribution in [1.82, 2.24) is 0 Å². The summed E-state index contributed by atoms with van der Waals surface area (Å²) in [6.45, 7) is 0. The quantitative estimate of drug-likeness (QED) is 0.623. The molecule has 0 aromatic heterocycles. The van der Waals surface area contributed by atoms with Gasteiger partial charge in [-0.25, -0.2) is 4.79 Å². The molecule has 4 nitrogen and oxygen atoms in total. The summed E-state index contributed by atoms with van der Waals surface area (Å²) in [6.07, 6.45) is 1.40. The minimum Gasteiger partial charge on any atom is -0.477 e. The normalized spacial score (nSPS) is 12.6. The Kier molecular flexibility index (Phi) is 4.08. The van der Waals surface area contributed by atoms with Crippen LogP contribution in [-0.4, -0.2) is 24.3 Å². The van der Waals surface area contributed by atoms with E-state index in [-0.39, 0.29) is 5.70 Å². The van der Waals surface area contributed by atoms with Gasteiger partial charge in [-0.15, -0.1) is 0 Å². The molecule has 0 fully saturated rings. The lowest BCUT2D eigenvalue weighted by Gasteiger charge is -2.05. The van der Waals surface area contributed by atoms with Crippen molar-refractivity contribution in [3.05, 3.63) is 40.5 Å². The molecule has 84 valence electrons. The van der Waals surface area contributed by atoms with Crippen LogP contribution in [0.3, 0.4) is 0 Å². The smallest absolute Gasteiger partial charge is 0.352 e. The van der Waals surface area contributed by atoms with E-state index in [4.69, 9.17) is 22.4 Å². The van der Waals surface area contributed by atoms with Gasteiger partial charge in [0.25, 0.3) is 0 Å². The highest BCUT2D eigenvalue weighted by molar-refractivity contribution is 6.31. The van der Waals surface area contributed by atoms with Crippen molar-refractivity contribution >= 4 is 29.4 Å². The maximum absolute atomic E-state index is 10.8. The Morgan fingerprint density at radius 2 is 2.25 bits per heavy atom. The number of allylic oxidation sites excluding steroid dienone is 1. The molecule has 0 saturated carbocycles. The number of aliphatic carboxylic acids is 1. The van der Waals surface area contributed by atoms with E-state index in [0.717, 1.165) is 0 Å². The Balaban J connectivity index is 3.34. The third kappa shape index (κ3) is 2.84. The average molecular weight is 239 g/mol. The van der Waals surface area contributed by atoms with Crippen LogP contribution >= 0.6 is 11.6 Å².